The van der Waals surface area contributed by atoms with Crippen LogP contribution in [0.2, 0.25) is 0 Å². The third-order valence-corrected chi connectivity index (χ3v) is 1.07. The van der Waals surface area contributed by atoms with E-state index in [2.05, 4.69) is 11.3 Å². The topological polar surface area (TPSA) is 89.6 Å². The number of carboxylic acid groups (broad SMARTS) is 1. The molecular formula is C7H11NO4. The molecule has 12 heavy (non-hydrogen) atoms. The minimum Gasteiger partial charge on any atom is -0.480 e. The van der Waals surface area contributed by atoms with Crippen LogP contribution in [0.25, 0.3) is 0 Å². The molecule has 0 aliphatic rings. The molecule has 0 bridgehead atoms. The van der Waals surface area contributed by atoms with Crippen molar-refractivity contribution < 1.29 is 19.4 Å². The number of hydrogen-bond acceptors (Lipinski definition) is 4. The molecule has 0 aliphatic heterocycles. The highest BCUT2D eigenvalue weighted by molar-refractivity contribution is 5.81. The van der Waals surface area contributed by atoms with Crippen molar-refractivity contribution in [2.75, 3.05) is 6.61 Å². The van der Waals surface area contributed by atoms with E-state index in [4.69, 9.17) is 10.8 Å². The number of esters is 1. The summed E-state index contributed by atoms with van der Waals surface area (Å²) >= 11 is 0. The maximum atomic E-state index is 10.7. The molecule has 0 heterocycles. The Balaban J connectivity index is 3.68. The van der Waals surface area contributed by atoms with E-state index in [1.54, 1.807) is 0 Å². The Morgan fingerprint density at radius 1 is 1.67 bits per heavy atom. The Bertz CT molecular complexity index is 190. The third kappa shape index (κ3) is 4.45. The summed E-state index contributed by atoms with van der Waals surface area (Å²) in [5.74, 6) is -1.85. The van der Waals surface area contributed by atoms with Gasteiger partial charge in [-0.1, -0.05) is 12.7 Å². The molecule has 1 unspecified atom stereocenters. The molecule has 3 N–H and O–H groups in total. The van der Waals surface area contributed by atoms with Gasteiger partial charge in [-0.15, -0.1) is 0 Å². The average molecular weight is 173 g/mol. The van der Waals surface area contributed by atoms with Gasteiger partial charge in [-0.25, -0.2) is 0 Å². The zero-order valence-electron chi connectivity index (χ0n) is 6.53. The summed E-state index contributed by atoms with van der Waals surface area (Å²) in [6.07, 6.45) is 1.08. The molecule has 0 saturated carbocycles. The summed E-state index contributed by atoms with van der Waals surface area (Å²) in [7, 11) is 0. The third-order valence-electron chi connectivity index (χ3n) is 1.07. The maximum absolute atomic E-state index is 10.7. The second-order valence-electron chi connectivity index (χ2n) is 2.12. The monoisotopic (exact) mass is 173 g/mol. The lowest BCUT2D eigenvalue weighted by molar-refractivity contribution is -0.148. The number of carboxylic acids is 1. The minimum atomic E-state index is -1.22. The first-order valence-electron chi connectivity index (χ1n) is 3.32. The Labute approximate surface area is 69.8 Å². The highest BCUT2D eigenvalue weighted by Crippen LogP contribution is 1.92. The fourth-order valence-electron chi connectivity index (χ4n) is 0.478. The van der Waals surface area contributed by atoms with E-state index in [1.165, 1.54) is 6.08 Å². The smallest absolute Gasteiger partial charge is 0.321 e. The van der Waals surface area contributed by atoms with Gasteiger partial charge < -0.3 is 15.6 Å². The van der Waals surface area contributed by atoms with Crippen LogP contribution in [0.3, 0.4) is 0 Å². The normalized spacial score (nSPS) is 11.8. The quantitative estimate of drug-likeness (QED) is 0.433. The summed E-state index contributed by atoms with van der Waals surface area (Å²) in [6.45, 7) is 3.40. The van der Waals surface area contributed by atoms with Crippen LogP contribution in [0.15, 0.2) is 12.7 Å². The number of hydrogen-bond donors (Lipinski definition) is 2. The molecule has 0 aliphatic carbocycles. The molecule has 0 amide bonds. The van der Waals surface area contributed by atoms with E-state index in [9.17, 15) is 9.59 Å². The van der Waals surface area contributed by atoms with Crippen molar-refractivity contribution in [2.45, 2.75) is 12.5 Å². The highest BCUT2D eigenvalue weighted by Gasteiger charge is 2.16. The first-order chi connectivity index (χ1) is 5.57. The minimum absolute atomic E-state index is 0.0746. The Morgan fingerprint density at radius 2 is 2.25 bits per heavy atom. The summed E-state index contributed by atoms with van der Waals surface area (Å²) < 4.78 is 4.51. The van der Waals surface area contributed by atoms with Crippen molar-refractivity contribution in [3.8, 4) is 0 Å². The molecule has 0 aromatic carbocycles. The first kappa shape index (κ1) is 10.6. The van der Waals surface area contributed by atoms with E-state index >= 15 is 0 Å². The summed E-state index contributed by atoms with van der Waals surface area (Å²) in [5, 5.41) is 8.30. The summed E-state index contributed by atoms with van der Waals surface area (Å²) in [5.41, 5.74) is 5.06. The molecule has 5 nitrogen and oxygen atoms in total. The number of aliphatic carboxylic acids is 1. The average Bonchev–Trinajstić information content (AvgIpc) is 2.00. The summed E-state index contributed by atoms with van der Waals surface area (Å²) in [4.78, 5) is 20.9. The first-order valence-corrected chi connectivity index (χ1v) is 3.32. The molecule has 5 heteroatoms. The maximum Gasteiger partial charge on any atom is 0.321 e. The number of rotatable bonds is 5. The Morgan fingerprint density at radius 3 is 2.67 bits per heavy atom. The zero-order valence-corrected chi connectivity index (χ0v) is 6.53. The van der Waals surface area contributed by atoms with Gasteiger partial charge in [-0.05, 0) is 0 Å². The molecule has 0 aromatic heterocycles. The van der Waals surface area contributed by atoms with Gasteiger partial charge in [-0.2, -0.15) is 0 Å². The zero-order chi connectivity index (χ0) is 9.56. The predicted molar refractivity (Wildman–Crippen MR) is 41.4 cm³/mol. The van der Waals surface area contributed by atoms with Gasteiger partial charge in [-0.3, -0.25) is 9.59 Å². The Kier molecular flexibility index (Phi) is 4.71. The van der Waals surface area contributed by atoms with Crippen LogP contribution in [0.4, 0.5) is 0 Å². The van der Waals surface area contributed by atoms with Gasteiger partial charge in [0, 0.05) is 0 Å². The molecule has 0 aromatic rings. The molecule has 0 fully saturated rings. The molecule has 0 saturated heterocycles. The second-order valence-corrected chi connectivity index (χ2v) is 2.12. The van der Waals surface area contributed by atoms with E-state index < -0.39 is 18.0 Å². The van der Waals surface area contributed by atoms with E-state index in [0.29, 0.717) is 0 Å². The molecule has 0 radical (unpaired) electrons. The number of carbonyl (C=O) groups is 2. The molecule has 0 rings (SSSR count). The van der Waals surface area contributed by atoms with Crippen LogP contribution in [0.1, 0.15) is 6.42 Å². The SMILES string of the molecule is C=CCOC(=O)CC(N)C(=O)O. The van der Waals surface area contributed by atoms with E-state index in [0.717, 1.165) is 0 Å². The Hall–Kier alpha value is -1.36. The van der Waals surface area contributed by atoms with Gasteiger partial charge in [0.25, 0.3) is 0 Å². The van der Waals surface area contributed by atoms with Gasteiger partial charge in [0.05, 0.1) is 6.42 Å². The van der Waals surface area contributed by atoms with Gasteiger partial charge in [0.15, 0.2) is 0 Å². The van der Waals surface area contributed by atoms with E-state index in [-0.39, 0.29) is 13.0 Å². The van der Waals surface area contributed by atoms with Crippen LogP contribution in [-0.2, 0) is 14.3 Å². The second kappa shape index (κ2) is 5.31. The van der Waals surface area contributed by atoms with Crippen molar-refractivity contribution in [1.29, 1.82) is 0 Å². The van der Waals surface area contributed by atoms with Crippen LogP contribution >= 0.6 is 0 Å². The molecule has 0 spiro atoms. The fourth-order valence-corrected chi connectivity index (χ4v) is 0.478. The van der Waals surface area contributed by atoms with Crippen molar-refractivity contribution in [2.24, 2.45) is 5.73 Å². The van der Waals surface area contributed by atoms with Crippen molar-refractivity contribution >= 4 is 11.9 Å². The highest BCUT2D eigenvalue weighted by atomic mass is 16.5. The van der Waals surface area contributed by atoms with Gasteiger partial charge in [0.2, 0.25) is 0 Å². The molecular weight excluding hydrogens is 162 g/mol. The number of ether oxygens (including phenoxy) is 1. The van der Waals surface area contributed by atoms with E-state index in [1.807, 2.05) is 0 Å². The lowest BCUT2D eigenvalue weighted by Crippen LogP contribution is -2.33. The van der Waals surface area contributed by atoms with Crippen molar-refractivity contribution in [3.63, 3.8) is 0 Å². The lowest BCUT2D eigenvalue weighted by atomic mass is 10.2. The van der Waals surface area contributed by atoms with Crippen LogP contribution in [-0.4, -0.2) is 29.7 Å². The largest absolute Gasteiger partial charge is 0.480 e. The van der Waals surface area contributed by atoms with Crippen molar-refractivity contribution in [1.82, 2.24) is 0 Å². The molecule has 1 atom stereocenters. The standard InChI is InChI=1S/C7H11NO4/c1-2-3-12-6(9)4-5(8)7(10)11/h2,5H,1,3-4,8H2,(H,10,11). The van der Waals surface area contributed by atoms with Crippen LogP contribution < -0.4 is 5.73 Å². The fraction of sp³-hybridized carbons (Fsp3) is 0.429. The summed E-state index contributed by atoms with van der Waals surface area (Å²) in [6, 6.07) is -1.19. The van der Waals surface area contributed by atoms with Crippen LogP contribution in [0.5, 0.6) is 0 Å². The van der Waals surface area contributed by atoms with Crippen molar-refractivity contribution in [3.05, 3.63) is 12.7 Å². The lowest BCUT2D eigenvalue weighted by Gasteiger charge is -2.04. The predicted octanol–water partition coefficient (Wildman–Crippen LogP) is -0.482. The number of carbonyl (C=O) groups excluding carboxylic acids is 1. The van der Waals surface area contributed by atoms with Gasteiger partial charge in [0.1, 0.15) is 12.6 Å². The molecule has 68 valence electrons. The van der Waals surface area contributed by atoms with Gasteiger partial charge >= 0.3 is 11.9 Å². The van der Waals surface area contributed by atoms with Crippen LogP contribution in [0, 0.1) is 0 Å². The number of nitrogens with two attached hydrogens (primary N) is 1.